The summed E-state index contributed by atoms with van der Waals surface area (Å²) in [6.07, 6.45) is 0. The van der Waals surface area contributed by atoms with E-state index < -0.39 is 0 Å². The first-order chi connectivity index (χ1) is 33.2. The molecule has 8 aromatic rings. The zero-order chi connectivity index (χ0) is 50.8. The van der Waals surface area contributed by atoms with Gasteiger partial charge in [0.2, 0.25) is 0 Å². The third-order valence-corrected chi connectivity index (χ3v) is 16.1. The maximum Gasteiger partial charge on any atom is 0.0473 e. The molecule has 1 heteroatoms. The number of benzene rings is 8. The van der Waals surface area contributed by atoms with Gasteiger partial charge >= 0.3 is 0 Å². The molecule has 8 aromatic carbocycles. The van der Waals surface area contributed by atoms with Crippen LogP contribution in [-0.4, -0.2) is 0 Å². The van der Waals surface area contributed by atoms with E-state index in [1.807, 2.05) is 0 Å². The number of nitrogens with zero attached hydrogens (tertiary/aromatic N) is 1. The van der Waals surface area contributed by atoms with E-state index in [9.17, 15) is 0 Å². The van der Waals surface area contributed by atoms with E-state index in [1.54, 1.807) is 0 Å². The Hall–Kier alpha value is -6.44. The smallest absolute Gasteiger partial charge is 0.0473 e. The van der Waals surface area contributed by atoms with Crippen LogP contribution in [0.4, 0.5) is 17.1 Å². The van der Waals surface area contributed by atoms with E-state index in [2.05, 4.69) is 279 Å². The van der Waals surface area contributed by atoms with Crippen LogP contribution in [-0.2, 0) is 32.5 Å². The Labute approximate surface area is 427 Å². The molecule has 0 bridgehead atoms. The minimum Gasteiger partial charge on any atom is -0.310 e. The van der Waals surface area contributed by atoms with Crippen molar-refractivity contribution in [3.63, 3.8) is 0 Å². The molecule has 0 spiro atoms. The van der Waals surface area contributed by atoms with Gasteiger partial charge in [-0.2, -0.15) is 0 Å². The van der Waals surface area contributed by atoms with Gasteiger partial charge in [0.05, 0.1) is 0 Å². The van der Waals surface area contributed by atoms with Crippen LogP contribution in [0, 0.1) is 0 Å². The van der Waals surface area contributed by atoms with Gasteiger partial charge in [-0.1, -0.05) is 220 Å². The zero-order valence-electron chi connectivity index (χ0n) is 45.5. The van der Waals surface area contributed by atoms with E-state index in [1.165, 1.54) is 100 Å². The van der Waals surface area contributed by atoms with Gasteiger partial charge in [0.25, 0.3) is 0 Å². The number of anilines is 3. The highest BCUT2D eigenvalue weighted by atomic mass is 15.1. The quantitative estimate of drug-likeness (QED) is 0.161. The molecular weight excluding hydrogens is 855 g/mol. The van der Waals surface area contributed by atoms with E-state index in [-0.39, 0.29) is 32.5 Å². The Bertz CT molecular complexity index is 3200. The Balaban J connectivity index is 1.15. The summed E-state index contributed by atoms with van der Waals surface area (Å²) in [5, 5.41) is 0. The molecule has 0 fully saturated rings. The molecular formula is C70H75N. The van der Waals surface area contributed by atoms with Crippen LogP contribution >= 0.6 is 0 Å². The first-order valence-corrected chi connectivity index (χ1v) is 26.1. The molecule has 0 radical (unpaired) electrons. The van der Waals surface area contributed by atoms with Crippen LogP contribution in [0.3, 0.4) is 0 Å². The lowest BCUT2D eigenvalue weighted by Gasteiger charge is -2.28. The molecule has 0 amide bonds. The number of fused-ring (bicyclic) bond motifs is 6. The van der Waals surface area contributed by atoms with Gasteiger partial charge in [0.1, 0.15) is 0 Å². The predicted molar refractivity (Wildman–Crippen MR) is 307 cm³/mol. The van der Waals surface area contributed by atoms with Gasteiger partial charge in [0.15, 0.2) is 0 Å². The molecule has 0 aliphatic heterocycles. The van der Waals surface area contributed by atoms with Crippen molar-refractivity contribution in [3.8, 4) is 55.6 Å². The summed E-state index contributed by atoms with van der Waals surface area (Å²) in [5.74, 6) is 0. The Morgan fingerprint density at radius 1 is 0.254 bits per heavy atom. The number of hydrogen-bond acceptors (Lipinski definition) is 1. The van der Waals surface area contributed by atoms with Crippen molar-refractivity contribution in [2.24, 2.45) is 0 Å². The maximum absolute atomic E-state index is 2.49. The average Bonchev–Trinajstić information content (AvgIpc) is 3.69. The lowest BCUT2D eigenvalue weighted by atomic mass is 9.78. The Kier molecular flexibility index (Phi) is 11.2. The standard InChI is InChI=1S/C70H75N/c1-65(2,3)50-23-17-44(18-24-50)45-19-29-54(30-20-45)71(55-31-25-51(26-32-55)66(4,5)6)56-38-48(46-21-33-57-59-35-27-52(67(7,8)9)42-63(59)69(13,14)61(57)40-46)37-49(39-56)47-22-34-58-60-36-28-53(68(10,11)12)43-64(60)70(15,16)62(58)41-47/h17-43H,1-16H3. The molecule has 0 N–H and O–H groups in total. The van der Waals surface area contributed by atoms with Crippen molar-refractivity contribution < 1.29 is 0 Å². The Morgan fingerprint density at radius 2 is 0.535 bits per heavy atom. The molecule has 1 nitrogen and oxygen atoms in total. The SMILES string of the molecule is CC(C)(C)c1ccc(-c2ccc(N(c3ccc(C(C)(C)C)cc3)c3cc(-c4ccc5c(c4)C(C)(C)c4cc(C(C)(C)C)ccc4-5)cc(-c4ccc5c(c4)C(C)(C)c4cc(C(C)(C)C)ccc4-5)c3)cc2)cc1. The van der Waals surface area contributed by atoms with Crippen molar-refractivity contribution >= 4 is 17.1 Å². The van der Waals surface area contributed by atoms with Crippen molar-refractivity contribution in [1.82, 2.24) is 0 Å². The highest BCUT2D eigenvalue weighted by Crippen LogP contribution is 2.53. The molecule has 10 rings (SSSR count). The second kappa shape index (κ2) is 16.6. The molecule has 2 aliphatic carbocycles. The summed E-state index contributed by atoms with van der Waals surface area (Å²) >= 11 is 0. The number of hydrogen-bond donors (Lipinski definition) is 0. The molecule has 0 atom stereocenters. The maximum atomic E-state index is 2.49. The predicted octanol–water partition coefficient (Wildman–Crippen LogP) is 20.0. The second-order valence-electron chi connectivity index (χ2n) is 26.1. The van der Waals surface area contributed by atoms with Gasteiger partial charge in [-0.05, 0) is 176 Å². The van der Waals surface area contributed by atoms with Crippen LogP contribution in [0.5, 0.6) is 0 Å². The molecule has 0 aromatic heterocycles. The largest absolute Gasteiger partial charge is 0.310 e. The van der Waals surface area contributed by atoms with Gasteiger partial charge < -0.3 is 4.90 Å². The minimum atomic E-state index is -0.147. The molecule has 0 saturated heterocycles. The van der Waals surface area contributed by atoms with E-state index in [0.29, 0.717) is 0 Å². The van der Waals surface area contributed by atoms with Crippen molar-refractivity contribution in [1.29, 1.82) is 0 Å². The zero-order valence-corrected chi connectivity index (χ0v) is 45.5. The monoisotopic (exact) mass is 930 g/mol. The lowest BCUT2D eigenvalue weighted by Crippen LogP contribution is -2.17. The van der Waals surface area contributed by atoms with Crippen LogP contribution < -0.4 is 4.90 Å². The Morgan fingerprint density at radius 3 is 0.901 bits per heavy atom. The van der Waals surface area contributed by atoms with Crippen LogP contribution in [0.2, 0.25) is 0 Å². The molecule has 0 heterocycles. The van der Waals surface area contributed by atoms with Crippen LogP contribution in [0.1, 0.15) is 155 Å². The van der Waals surface area contributed by atoms with E-state index in [0.717, 1.165) is 17.1 Å². The summed E-state index contributed by atoms with van der Waals surface area (Å²) in [4.78, 5) is 2.47. The molecule has 0 unspecified atom stereocenters. The average molecular weight is 930 g/mol. The molecule has 71 heavy (non-hydrogen) atoms. The number of rotatable bonds is 6. The molecule has 0 saturated carbocycles. The minimum absolute atomic E-state index is 0.0330. The summed E-state index contributed by atoms with van der Waals surface area (Å²) in [6, 6.07) is 63.7. The fourth-order valence-electron chi connectivity index (χ4n) is 11.4. The lowest BCUT2D eigenvalue weighted by molar-refractivity contribution is 0.584. The highest BCUT2D eigenvalue weighted by Gasteiger charge is 2.38. The second-order valence-corrected chi connectivity index (χ2v) is 26.1. The van der Waals surface area contributed by atoms with Crippen molar-refractivity contribution in [2.75, 3.05) is 4.90 Å². The first kappa shape index (κ1) is 48.2. The third-order valence-electron chi connectivity index (χ3n) is 16.1. The van der Waals surface area contributed by atoms with Crippen LogP contribution in [0.25, 0.3) is 55.6 Å². The topological polar surface area (TPSA) is 3.24 Å². The van der Waals surface area contributed by atoms with Crippen LogP contribution in [0.15, 0.2) is 164 Å². The molecule has 2 aliphatic rings. The third kappa shape index (κ3) is 8.58. The normalized spacial score (nSPS) is 14.7. The summed E-state index contributed by atoms with van der Waals surface area (Å²) in [7, 11) is 0. The van der Waals surface area contributed by atoms with Gasteiger partial charge in [-0.15, -0.1) is 0 Å². The van der Waals surface area contributed by atoms with Gasteiger partial charge in [-0.25, -0.2) is 0 Å². The summed E-state index contributed by atoms with van der Waals surface area (Å²) in [5.41, 5.74) is 27.1. The van der Waals surface area contributed by atoms with E-state index >= 15 is 0 Å². The summed E-state index contributed by atoms with van der Waals surface area (Å²) < 4.78 is 0. The fraction of sp³-hybridized carbons (Fsp3) is 0.314. The molecule has 360 valence electrons. The summed E-state index contributed by atoms with van der Waals surface area (Å²) in [6.45, 7) is 37.3. The van der Waals surface area contributed by atoms with Crippen molar-refractivity contribution in [2.45, 2.75) is 143 Å². The van der Waals surface area contributed by atoms with Gasteiger partial charge in [-0.3, -0.25) is 0 Å². The van der Waals surface area contributed by atoms with Crippen molar-refractivity contribution in [3.05, 3.63) is 208 Å². The first-order valence-electron chi connectivity index (χ1n) is 26.1. The van der Waals surface area contributed by atoms with Gasteiger partial charge in [0, 0.05) is 27.9 Å². The highest BCUT2D eigenvalue weighted by molar-refractivity contribution is 5.90. The van der Waals surface area contributed by atoms with E-state index in [4.69, 9.17) is 0 Å². The fourth-order valence-corrected chi connectivity index (χ4v) is 11.4.